The summed E-state index contributed by atoms with van der Waals surface area (Å²) in [5.74, 6) is 0.485. The molecule has 138 valence electrons. The van der Waals surface area contributed by atoms with Crippen molar-refractivity contribution < 1.29 is 14.3 Å². The van der Waals surface area contributed by atoms with Gasteiger partial charge in [-0.05, 0) is 55.0 Å². The quantitative estimate of drug-likeness (QED) is 0.596. The summed E-state index contributed by atoms with van der Waals surface area (Å²) in [6.45, 7) is 3.99. The molecule has 1 fully saturated rings. The Morgan fingerprint density at radius 3 is 2.44 bits per heavy atom. The van der Waals surface area contributed by atoms with Crippen LogP contribution in [0.4, 0.5) is 11.4 Å². The van der Waals surface area contributed by atoms with E-state index in [4.69, 9.17) is 17.0 Å². The number of hydrogen-bond donors (Lipinski definition) is 1. The molecule has 0 spiro atoms. The van der Waals surface area contributed by atoms with Gasteiger partial charge in [0, 0.05) is 12.6 Å². The third-order valence-corrected chi connectivity index (χ3v) is 5.03. The number of carbonyl (C=O) groups is 2. The Morgan fingerprint density at radius 2 is 1.85 bits per heavy atom. The Kier molecular flexibility index (Phi) is 5.93. The number of nitrogens with zero attached hydrogens (tertiary/aromatic N) is 1. The van der Waals surface area contributed by atoms with E-state index in [0.717, 1.165) is 11.3 Å². The monoisotopic (exact) mass is 398 g/mol. The van der Waals surface area contributed by atoms with Gasteiger partial charge < -0.3 is 10.1 Å². The number of thioether (sulfide) groups is 1. The van der Waals surface area contributed by atoms with Gasteiger partial charge in [-0.3, -0.25) is 14.5 Å². The molecular formula is C20H18N2O3S2. The van der Waals surface area contributed by atoms with Gasteiger partial charge >= 0.3 is 0 Å². The molecule has 5 nitrogen and oxygen atoms in total. The molecule has 2 aromatic rings. The van der Waals surface area contributed by atoms with Gasteiger partial charge in [0.15, 0.2) is 4.32 Å². The van der Waals surface area contributed by atoms with Crippen LogP contribution in [0.25, 0.3) is 6.08 Å². The molecule has 2 aromatic carbocycles. The Bertz CT molecular complexity index is 906. The molecule has 0 atom stereocenters. The lowest BCUT2D eigenvalue weighted by Crippen LogP contribution is -2.27. The Labute approximate surface area is 167 Å². The van der Waals surface area contributed by atoms with Crippen LogP contribution in [-0.4, -0.2) is 22.7 Å². The van der Waals surface area contributed by atoms with Crippen LogP contribution in [0, 0.1) is 0 Å². The second kappa shape index (κ2) is 8.37. The summed E-state index contributed by atoms with van der Waals surface area (Å²) in [5.41, 5.74) is 2.24. The SMILES string of the molecule is CCOc1ccc(/C=C2\SC(=S)N(c3ccc(NC(C)=O)cc3)C2=O)cc1. The Morgan fingerprint density at radius 1 is 1.19 bits per heavy atom. The fourth-order valence-corrected chi connectivity index (χ4v) is 3.86. The normalized spacial score (nSPS) is 15.3. The second-order valence-electron chi connectivity index (χ2n) is 5.75. The first-order valence-electron chi connectivity index (χ1n) is 8.36. The van der Waals surface area contributed by atoms with Crippen molar-refractivity contribution >= 4 is 57.6 Å². The molecule has 1 N–H and O–H groups in total. The van der Waals surface area contributed by atoms with Gasteiger partial charge in [-0.1, -0.05) is 36.1 Å². The molecular weight excluding hydrogens is 380 g/mol. The van der Waals surface area contributed by atoms with Crippen molar-refractivity contribution in [2.24, 2.45) is 0 Å². The van der Waals surface area contributed by atoms with Gasteiger partial charge in [-0.15, -0.1) is 0 Å². The van der Waals surface area contributed by atoms with Crippen molar-refractivity contribution in [3.8, 4) is 5.75 Å². The molecule has 1 heterocycles. The summed E-state index contributed by atoms with van der Waals surface area (Å²) in [4.78, 5) is 26.0. The molecule has 1 aliphatic heterocycles. The van der Waals surface area contributed by atoms with Crippen LogP contribution in [0.5, 0.6) is 5.75 Å². The van der Waals surface area contributed by atoms with Crippen molar-refractivity contribution in [2.75, 3.05) is 16.8 Å². The first-order chi connectivity index (χ1) is 13.0. The highest BCUT2D eigenvalue weighted by Gasteiger charge is 2.33. The van der Waals surface area contributed by atoms with E-state index in [-0.39, 0.29) is 11.8 Å². The van der Waals surface area contributed by atoms with E-state index in [1.165, 1.54) is 23.6 Å². The molecule has 3 rings (SSSR count). The number of ether oxygens (including phenoxy) is 1. The van der Waals surface area contributed by atoms with Crippen molar-refractivity contribution in [2.45, 2.75) is 13.8 Å². The van der Waals surface area contributed by atoms with E-state index in [9.17, 15) is 9.59 Å². The summed E-state index contributed by atoms with van der Waals surface area (Å²) in [5, 5.41) is 2.70. The fraction of sp³-hybridized carbons (Fsp3) is 0.150. The number of anilines is 2. The van der Waals surface area contributed by atoms with Gasteiger partial charge in [0.25, 0.3) is 5.91 Å². The first kappa shape index (κ1) is 19.1. The molecule has 27 heavy (non-hydrogen) atoms. The molecule has 0 unspecified atom stereocenters. The van der Waals surface area contributed by atoms with E-state index in [0.29, 0.717) is 27.2 Å². The Balaban J connectivity index is 1.79. The van der Waals surface area contributed by atoms with Crippen LogP contribution in [0.3, 0.4) is 0 Å². The average Bonchev–Trinajstić information content (AvgIpc) is 2.91. The third-order valence-electron chi connectivity index (χ3n) is 3.73. The molecule has 0 radical (unpaired) electrons. The number of nitrogens with one attached hydrogen (secondary N) is 1. The summed E-state index contributed by atoms with van der Waals surface area (Å²) in [6, 6.07) is 14.6. The molecule has 2 amide bonds. The van der Waals surface area contributed by atoms with Gasteiger partial charge in [-0.25, -0.2) is 0 Å². The zero-order valence-electron chi connectivity index (χ0n) is 14.9. The lowest BCUT2D eigenvalue weighted by molar-refractivity contribution is -0.114. The topological polar surface area (TPSA) is 58.6 Å². The molecule has 1 saturated heterocycles. The summed E-state index contributed by atoms with van der Waals surface area (Å²) >= 11 is 6.66. The number of thiocarbonyl (C=S) groups is 1. The first-order valence-corrected chi connectivity index (χ1v) is 9.59. The largest absolute Gasteiger partial charge is 0.494 e. The maximum atomic E-state index is 12.8. The number of hydrogen-bond acceptors (Lipinski definition) is 5. The van der Waals surface area contributed by atoms with Crippen molar-refractivity contribution in [1.82, 2.24) is 0 Å². The zero-order chi connectivity index (χ0) is 19.4. The van der Waals surface area contributed by atoms with Crippen LogP contribution >= 0.6 is 24.0 Å². The molecule has 0 bridgehead atoms. The van der Waals surface area contributed by atoms with Crippen LogP contribution in [-0.2, 0) is 9.59 Å². The minimum Gasteiger partial charge on any atom is -0.494 e. The lowest BCUT2D eigenvalue weighted by Gasteiger charge is -2.15. The highest BCUT2D eigenvalue weighted by atomic mass is 32.2. The van der Waals surface area contributed by atoms with Crippen LogP contribution < -0.4 is 15.0 Å². The summed E-state index contributed by atoms with van der Waals surface area (Å²) in [6.07, 6.45) is 1.82. The standard InChI is InChI=1S/C20H18N2O3S2/c1-3-25-17-10-4-14(5-11-17)12-18-19(24)22(20(26)27-18)16-8-6-15(7-9-16)21-13(2)23/h4-12H,3H2,1-2H3,(H,21,23)/b18-12-. The Hall–Kier alpha value is -2.64. The summed E-state index contributed by atoms with van der Waals surface area (Å²) < 4.78 is 5.91. The van der Waals surface area contributed by atoms with Gasteiger partial charge in [-0.2, -0.15) is 0 Å². The smallest absolute Gasteiger partial charge is 0.270 e. The van der Waals surface area contributed by atoms with Gasteiger partial charge in [0.1, 0.15) is 5.75 Å². The predicted molar refractivity (Wildman–Crippen MR) is 114 cm³/mol. The molecule has 0 aromatic heterocycles. The maximum Gasteiger partial charge on any atom is 0.270 e. The lowest BCUT2D eigenvalue weighted by atomic mass is 10.2. The van der Waals surface area contributed by atoms with E-state index in [1.807, 2.05) is 37.3 Å². The fourth-order valence-electron chi connectivity index (χ4n) is 2.57. The van der Waals surface area contributed by atoms with Crippen molar-refractivity contribution in [3.63, 3.8) is 0 Å². The zero-order valence-corrected chi connectivity index (χ0v) is 16.5. The number of rotatable bonds is 5. The number of benzene rings is 2. The van der Waals surface area contributed by atoms with E-state index >= 15 is 0 Å². The number of carbonyl (C=O) groups excluding carboxylic acids is 2. The van der Waals surface area contributed by atoms with Crippen LogP contribution in [0.1, 0.15) is 19.4 Å². The summed E-state index contributed by atoms with van der Waals surface area (Å²) in [7, 11) is 0. The van der Waals surface area contributed by atoms with Gasteiger partial charge in [0.05, 0.1) is 17.2 Å². The highest BCUT2D eigenvalue weighted by molar-refractivity contribution is 8.27. The molecule has 1 aliphatic rings. The molecule has 7 heteroatoms. The molecule has 0 aliphatic carbocycles. The predicted octanol–water partition coefficient (Wildman–Crippen LogP) is 4.45. The average molecular weight is 399 g/mol. The minimum absolute atomic E-state index is 0.147. The third kappa shape index (κ3) is 4.56. The molecule has 0 saturated carbocycles. The van der Waals surface area contributed by atoms with Crippen molar-refractivity contribution in [1.29, 1.82) is 0 Å². The minimum atomic E-state index is -0.161. The number of amides is 2. The van der Waals surface area contributed by atoms with E-state index in [2.05, 4.69) is 5.32 Å². The highest BCUT2D eigenvalue weighted by Crippen LogP contribution is 2.36. The second-order valence-corrected chi connectivity index (χ2v) is 7.42. The van der Waals surface area contributed by atoms with E-state index < -0.39 is 0 Å². The van der Waals surface area contributed by atoms with Crippen LogP contribution in [0.2, 0.25) is 0 Å². The van der Waals surface area contributed by atoms with Crippen LogP contribution in [0.15, 0.2) is 53.4 Å². The van der Waals surface area contributed by atoms with Gasteiger partial charge in [0.2, 0.25) is 5.91 Å². The van der Waals surface area contributed by atoms with E-state index in [1.54, 1.807) is 24.3 Å². The maximum absolute atomic E-state index is 12.8. The van der Waals surface area contributed by atoms with Crippen molar-refractivity contribution in [3.05, 3.63) is 59.0 Å².